The van der Waals surface area contributed by atoms with Crippen LogP contribution in [0.5, 0.6) is 0 Å². The van der Waals surface area contributed by atoms with Crippen molar-refractivity contribution in [3.63, 3.8) is 0 Å². The number of nitrogens with one attached hydrogen (secondary N) is 1. The van der Waals surface area contributed by atoms with Crippen LogP contribution in [0.3, 0.4) is 0 Å². The second-order valence-corrected chi connectivity index (χ2v) is 1.93. The fraction of sp³-hybridized carbons (Fsp3) is 1.00. The van der Waals surface area contributed by atoms with Crippen molar-refractivity contribution in [2.75, 3.05) is 19.9 Å². The normalized spacial score (nSPS) is 28.9. The van der Waals surface area contributed by atoms with Gasteiger partial charge >= 0.3 is 0 Å². The number of hydrogen-bond donors (Lipinski definition) is 2. The Balaban J connectivity index is 2.06. The molecule has 0 aromatic rings. The standard InChI is InChI=1S/C5H11NO2/c7-2-1-5-3-8-4-6-5/h5-7H,1-4H2. The molecule has 1 atom stereocenters. The van der Waals surface area contributed by atoms with Gasteiger partial charge in [0, 0.05) is 12.6 Å². The highest BCUT2D eigenvalue weighted by Gasteiger charge is 2.12. The first-order valence-electron chi connectivity index (χ1n) is 2.85. The molecule has 1 rings (SSSR count). The monoisotopic (exact) mass is 117 g/mol. The largest absolute Gasteiger partial charge is 0.396 e. The van der Waals surface area contributed by atoms with Gasteiger partial charge in [0.2, 0.25) is 0 Å². The van der Waals surface area contributed by atoms with Crippen LogP contribution in [-0.4, -0.2) is 31.1 Å². The SMILES string of the molecule is OCCC1COCN1. The van der Waals surface area contributed by atoms with Crippen molar-refractivity contribution in [3.05, 3.63) is 0 Å². The van der Waals surface area contributed by atoms with Crippen molar-refractivity contribution >= 4 is 0 Å². The highest BCUT2D eigenvalue weighted by atomic mass is 16.5. The summed E-state index contributed by atoms with van der Waals surface area (Å²) >= 11 is 0. The number of ether oxygens (including phenoxy) is 1. The fourth-order valence-corrected chi connectivity index (χ4v) is 0.778. The van der Waals surface area contributed by atoms with Gasteiger partial charge < -0.3 is 9.84 Å². The van der Waals surface area contributed by atoms with E-state index >= 15 is 0 Å². The molecule has 2 N–H and O–H groups in total. The molecule has 8 heavy (non-hydrogen) atoms. The zero-order chi connectivity index (χ0) is 5.82. The molecule has 1 aliphatic rings. The van der Waals surface area contributed by atoms with Gasteiger partial charge in [-0.3, -0.25) is 5.32 Å². The van der Waals surface area contributed by atoms with Crippen LogP contribution in [0.15, 0.2) is 0 Å². The summed E-state index contributed by atoms with van der Waals surface area (Å²) < 4.78 is 4.99. The molecule has 1 saturated heterocycles. The van der Waals surface area contributed by atoms with Crippen LogP contribution < -0.4 is 5.32 Å². The Bertz CT molecular complexity index is 61.4. The van der Waals surface area contributed by atoms with Crippen molar-refractivity contribution in [1.29, 1.82) is 0 Å². The van der Waals surface area contributed by atoms with Gasteiger partial charge in [-0.15, -0.1) is 0 Å². The van der Waals surface area contributed by atoms with Crippen molar-refractivity contribution in [3.8, 4) is 0 Å². The average molecular weight is 117 g/mol. The molecule has 0 bridgehead atoms. The second kappa shape index (κ2) is 3.02. The highest BCUT2D eigenvalue weighted by Crippen LogP contribution is 1.97. The van der Waals surface area contributed by atoms with Crippen LogP contribution in [0, 0.1) is 0 Å². The Morgan fingerprint density at radius 2 is 2.62 bits per heavy atom. The van der Waals surface area contributed by atoms with E-state index in [9.17, 15) is 0 Å². The van der Waals surface area contributed by atoms with Gasteiger partial charge in [-0.25, -0.2) is 0 Å². The summed E-state index contributed by atoms with van der Waals surface area (Å²) in [4.78, 5) is 0. The van der Waals surface area contributed by atoms with E-state index in [0.29, 0.717) is 12.8 Å². The summed E-state index contributed by atoms with van der Waals surface area (Å²) in [5.41, 5.74) is 0. The van der Waals surface area contributed by atoms with Gasteiger partial charge in [0.15, 0.2) is 0 Å². The van der Waals surface area contributed by atoms with Crippen LogP contribution in [0.25, 0.3) is 0 Å². The Hall–Kier alpha value is -0.120. The molecule has 0 aliphatic carbocycles. The Kier molecular flexibility index (Phi) is 2.27. The maximum absolute atomic E-state index is 8.43. The van der Waals surface area contributed by atoms with Gasteiger partial charge in [-0.05, 0) is 6.42 Å². The predicted molar refractivity (Wildman–Crippen MR) is 29.4 cm³/mol. The number of aliphatic hydroxyl groups is 1. The maximum atomic E-state index is 8.43. The van der Waals surface area contributed by atoms with E-state index in [1.54, 1.807) is 0 Å². The summed E-state index contributed by atoms with van der Waals surface area (Å²) in [7, 11) is 0. The second-order valence-electron chi connectivity index (χ2n) is 1.93. The van der Waals surface area contributed by atoms with Crippen molar-refractivity contribution in [1.82, 2.24) is 5.32 Å². The minimum Gasteiger partial charge on any atom is -0.396 e. The molecule has 0 spiro atoms. The van der Waals surface area contributed by atoms with E-state index in [4.69, 9.17) is 9.84 Å². The Morgan fingerprint density at radius 3 is 3.12 bits per heavy atom. The fourth-order valence-electron chi connectivity index (χ4n) is 0.778. The van der Waals surface area contributed by atoms with Crippen molar-refractivity contribution < 1.29 is 9.84 Å². The molecule has 48 valence electrons. The lowest BCUT2D eigenvalue weighted by Gasteiger charge is -2.02. The molecule has 1 heterocycles. The van der Waals surface area contributed by atoms with E-state index in [1.165, 1.54) is 0 Å². The molecule has 0 aromatic heterocycles. The molecular formula is C5H11NO2. The Morgan fingerprint density at radius 1 is 1.75 bits per heavy atom. The molecule has 0 aromatic carbocycles. The molecule has 1 fully saturated rings. The zero-order valence-corrected chi connectivity index (χ0v) is 4.76. The summed E-state index contributed by atoms with van der Waals surface area (Å²) in [5.74, 6) is 0. The predicted octanol–water partition coefficient (Wildman–Crippen LogP) is -0.685. The minimum atomic E-state index is 0.251. The van der Waals surface area contributed by atoms with Crippen LogP contribution in [-0.2, 0) is 4.74 Å². The van der Waals surface area contributed by atoms with Crippen LogP contribution in [0.1, 0.15) is 6.42 Å². The minimum absolute atomic E-state index is 0.251. The van der Waals surface area contributed by atoms with E-state index in [0.717, 1.165) is 13.0 Å². The lowest BCUT2D eigenvalue weighted by atomic mass is 10.2. The molecule has 0 radical (unpaired) electrons. The molecule has 1 aliphatic heterocycles. The maximum Gasteiger partial charge on any atom is 0.0968 e. The lowest BCUT2D eigenvalue weighted by molar-refractivity contribution is 0.185. The quantitative estimate of drug-likeness (QED) is 0.503. The highest BCUT2D eigenvalue weighted by molar-refractivity contribution is 4.67. The topological polar surface area (TPSA) is 41.5 Å². The van der Waals surface area contributed by atoms with Gasteiger partial charge in [0.25, 0.3) is 0 Å². The van der Waals surface area contributed by atoms with Gasteiger partial charge in [-0.1, -0.05) is 0 Å². The van der Waals surface area contributed by atoms with Crippen LogP contribution in [0.2, 0.25) is 0 Å². The third kappa shape index (κ3) is 1.43. The summed E-state index contributed by atoms with van der Waals surface area (Å²) in [5, 5.41) is 11.5. The third-order valence-electron chi connectivity index (χ3n) is 1.27. The first-order valence-corrected chi connectivity index (χ1v) is 2.85. The number of rotatable bonds is 2. The van der Waals surface area contributed by atoms with Gasteiger partial charge in [0.1, 0.15) is 0 Å². The van der Waals surface area contributed by atoms with Gasteiger partial charge in [-0.2, -0.15) is 0 Å². The molecule has 3 nitrogen and oxygen atoms in total. The third-order valence-corrected chi connectivity index (χ3v) is 1.27. The van der Waals surface area contributed by atoms with Crippen LogP contribution in [0.4, 0.5) is 0 Å². The summed E-state index contributed by atoms with van der Waals surface area (Å²) in [6, 6.07) is 0.389. The average Bonchev–Trinajstić information content (AvgIpc) is 2.19. The van der Waals surface area contributed by atoms with Gasteiger partial charge in [0.05, 0.1) is 13.3 Å². The summed E-state index contributed by atoms with van der Waals surface area (Å²) in [6.45, 7) is 1.65. The van der Waals surface area contributed by atoms with E-state index in [1.807, 2.05) is 0 Å². The molecule has 0 saturated carbocycles. The smallest absolute Gasteiger partial charge is 0.0968 e. The van der Waals surface area contributed by atoms with E-state index in [-0.39, 0.29) is 6.61 Å². The summed E-state index contributed by atoms with van der Waals surface area (Å²) in [6.07, 6.45) is 0.806. The number of aliphatic hydroxyl groups excluding tert-OH is 1. The molecular weight excluding hydrogens is 106 g/mol. The van der Waals surface area contributed by atoms with Crippen molar-refractivity contribution in [2.24, 2.45) is 0 Å². The first-order chi connectivity index (χ1) is 3.93. The van der Waals surface area contributed by atoms with Crippen molar-refractivity contribution in [2.45, 2.75) is 12.5 Å². The lowest BCUT2D eigenvalue weighted by Crippen LogP contribution is -2.24. The van der Waals surface area contributed by atoms with E-state index < -0.39 is 0 Å². The first kappa shape index (κ1) is 6.01. The molecule has 3 heteroatoms. The molecule has 0 amide bonds. The van der Waals surface area contributed by atoms with E-state index in [2.05, 4.69) is 5.32 Å². The molecule has 1 unspecified atom stereocenters. The number of hydrogen-bond acceptors (Lipinski definition) is 3. The Labute approximate surface area is 48.7 Å². The zero-order valence-electron chi connectivity index (χ0n) is 4.76. The van der Waals surface area contributed by atoms with Crippen LogP contribution >= 0.6 is 0 Å².